The van der Waals surface area contributed by atoms with Gasteiger partial charge in [0.1, 0.15) is 0 Å². The van der Waals surface area contributed by atoms with Crippen molar-refractivity contribution in [1.29, 1.82) is 0 Å². The van der Waals surface area contributed by atoms with Gasteiger partial charge in [-0.15, -0.1) is 0 Å². The number of alkyl halides is 3. The molecule has 0 radical (unpaired) electrons. The van der Waals surface area contributed by atoms with Crippen LogP contribution in [-0.4, -0.2) is 15.7 Å². The van der Waals surface area contributed by atoms with E-state index >= 15 is 0 Å². The summed E-state index contributed by atoms with van der Waals surface area (Å²) in [7, 11) is 1.35. The maximum Gasteiger partial charge on any atom is 0.435 e. The number of anilines is 1. The zero-order valence-electron chi connectivity index (χ0n) is 14.4. The third-order valence-corrected chi connectivity index (χ3v) is 4.71. The summed E-state index contributed by atoms with van der Waals surface area (Å²) in [6.45, 7) is 4.16. The van der Waals surface area contributed by atoms with Gasteiger partial charge in [0, 0.05) is 24.5 Å². The highest BCUT2D eigenvalue weighted by Gasteiger charge is 2.39. The number of nitrogens with one attached hydrogen (secondary N) is 1. The molecule has 0 spiro atoms. The average Bonchev–Trinajstić information content (AvgIpc) is 3.23. The Bertz CT molecular complexity index is 833. The zero-order chi connectivity index (χ0) is 18.9. The molecule has 4 nitrogen and oxygen atoms in total. The lowest BCUT2D eigenvalue weighted by molar-refractivity contribution is -0.141. The molecule has 1 aliphatic rings. The number of benzene rings is 1. The Morgan fingerprint density at radius 3 is 2.54 bits per heavy atom. The Morgan fingerprint density at radius 1 is 1.23 bits per heavy atom. The molecule has 2 aromatic rings. The molecule has 1 aliphatic carbocycles. The third-order valence-electron chi connectivity index (χ3n) is 4.71. The van der Waals surface area contributed by atoms with Gasteiger partial charge in [-0.2, -0.15) is 18.3 Å². The van der Waals surface area contributed by atoms with Crippen molar-refractivity contribution in [3.8, 4) is 0 Å². The number of hydrogen-bond acceptors (Lipinski definition) is 2. The largest absolute Gasteiger partial charge is 0.435 e. The summed E-state index contributed by atoms with van der Waals surface area (Å²) in [6.07, 6.45) is 0.753. The van der Waals surface area contributed by atoms with Gasteiger partial charge in [0.2, 0.25) is 0 Å². The van der Waals surface area contributed by atoms with Crippen LogP contribution in [0, 0.1) is 5.92 Å². The summed E-state index contributed by atoms with van der Waals surface area (Å²) in [6, 6.07) is 7.08. The molecule has 1 amide bonds. The van der Waals surface area contributed by atoms with Crippen molar-refractivity contribution >= 4 is 17.2 Å². The number of halogens is 3. The monoisotopic (exact) mass is 363 g/mol. The molecule has 7 heteroatoms. The molecule has 26 heavy (non-hydrogen) atoms. The molecule has 0 aliphatic heterocycles. The van der Waals surface area contributed by atoms with Crippen molar-refractivity contribution in [2.75, 3.05) is 5.32 Å². The Hall–Kier alpha value is -2.57. The lowest BCUT2D eigenvalue weighted by Crippen LogP contribution is -2.18. The van der Waals surface area contributed by atoms with Crippen LogP contribution in [-0.2, 0) is 13.2 Å². The normalized spacial score (nSPS) is 15.2. The molecule has 0 atom stereocenters. The number of nitrogens with zero attached hydrogens (tertiary/aromatic N) is 2. The lowest BCUT2D eigenvalue weighted by Gasteiger charge is -2.17. The van der Waals surface area contributed by atoms with E-state index in [4.69, 9.17) is 0 Å². The molecule has 138 valence electrons. The van der Waals surface area contributed by atoms with Gasteiger partial charge in [-0.1, -0.05) is 37.6 Å². The highest BCUT2D eigenvalue weighted by molar-refractivity contribution is 6.06. The first-order valence-corrected chi connectivity index (χ1v) is 8.47. The van der Waals surface area contributed by atoms with E-state index in [9.17, 15) is 18.0 Å². The number of aryl methyl sites for hydroxylation is 1. The smallest absolute Gasteiger partial charge is 0.321 e. The van der Waals surface area contributed by atoms with Gasteiger partial charge in [0.05, 0.1) is 5.56 Å². The zero-order valence-corrected chi connectivity index (χ0v) is 14.4. The van der Waals surface area contributed by atoms with E-state index in [0.717, 1.165) is 47.7 Å². The Kier molecular flexibility index (Phi) is 4.89. The maximum absolute atomic E-state index is 13.1. The van der Waals surface area contributed by atoms with Gasteiger partial charge in [-0.3, -0.25) is 9.48 Å². The van der Waals surface area contributed by atoms with E-state index < -0.39 is 23.3 Å². The summed E-state index contributed by atoms with van der Waals surface area (Å²) in [4.78, 5) is 12.5. The molecular formula is C19H20F3N3O. The van der Waals surface area contributed by atoms with Gasteiger partial charge >= 0.3 is 6.18 Å². The number of allylic oxidation sites excluding steroid dienone is 1. The standard InChI is InChI=1S/C19H20F3N3O/c1-12(13-7-3-4-8-13)14-9-5-6-10-16(14)23-18(26)15-11-25(2)24-17(15)19(20,21)22/h5-6,9-11,13H,1,3-4,7-8H2,2H3,(H,23,26). The second-order valence-electron chi connectivity index (χ2n) is 6.57. The number of rotatable bonds is 4. The minimum atomic E-state index is -4.69. The van der Waals surface area contributed by atoms with Crippen LogP contribution in [0.1, 0.15) is 47.3 Å². The van der Waals surface area contributed by atoms with Gasteiger partial charge < -0.3 is 5.32 Å². The van der Waals surface area contributed by atoms with Gasteiger partial charge in [0.25, 0.3) is 5.91 Å². The van der Waals surface area contributed by atoms with Gasteiger partial charge in [-0.05, 0) is 30.4 Å². The predicted octanol–water partition coefficient (Wildman–Crippen LogP) is 4.89. The Morgan fingerprint density at radius 2 is 1.88 bits per heavy atom. The number of aromatic nitrogens is 2. The third kappa shape index (κ3) is 3.66. The van der Waals surface area contributed by atoms with Crippen molar-refractivity contribution in [1.82, 2.24) is 9.78 Å². The van der Waals surface area contributed by atoms with Gasteiger partial charge in [-0.25, -0.2) is 0 Å². The molecule has 1 N–H and O–H groups in total. The molecule has 0 bridgehead atoms. The second-order valence-corrected chi connectivity index (χ2v) is 6.57. The number of para-hydroxylation sites is 1. The lowest BCUT2D eigenvalue weighted by atomic mass is 9.91. The van der Waals surface area contributed by atoms with Gasteiger partial charge in [0.15, 0.2) is 5.69 Å². The molecule has 0 unspecified atom stereocenters. The van der Waals surface area contributed by atoms with Crippen molar-refractivity contribution in [3.05, 3.63) is 53.9 Å². The first kappa shape index (κ1) is 18.2. The summed E-state index contributed by atoms with van der Waals surface area (Å²) < 4.78 is 40.3. The quantitative estimate of drug-likeness (QED) is 0.840. The van der Waals surface area contributed by atoms with E-state index in [1.807, 2.05) is 12.1 Å². The van der Waals surface area contributed by atoms with Crippen molar-refractivity contribution in [2.45, 2.75) is 31.9 Å². The summed E-state index contributed by atoms with van der Waals surface area (Å²) in [5.41, 5.74) is 0.461. The van der Waals surface area contributed by atoms with Crippen LogP contribution >= 0.6 is 0 Å². The van der Waals surface area contributed by atoms with Crippen LogP contribution in [0.5, 0.6) is 0 Å². The van der Waals surface area contributed by atoms with Crippen molar-refractivity contribution < 1.29 is 18.0 Å². The molecule has 1 aromatic carbocycles. The highest BCUT2D eigenvalue weighted by Crippen LogP contribution is 2.38. The summed E-state index contributed by atoms with van der Waals surface area (Å²) >= 11 is 0. The van der Waals surface area contributed by atoms with E-state index in [1.54, 1.807) is 12.1 Å². The van der Waals surface area contributed by atoms with Crippen LogP contribution in [0.2, 0.25) is 0 Å². The van der Waals surface area contributed by atoms with Crippen LogP contribution in [0.25, 0.3) is 5.57 Å². The topological polar surface area (TPSA) is 46.9 Å². The van der Waals surface area contributed by atoms with Crippen molar-refractivity contribution in [3.63, 3.8) is 0 Å². The molecule has 1 aromatic heterocycles. The Balaban J connectivity index is 1.88. The number of carbonyl (C=O) groups is 1. The second kappa shape index (κ2) is 6.97. The van der Waals surface area contributed by atoms with Crippen LogP contribution in [0.4, 0.5) is 18.9 Å². The SMILES string of the molecule is C=C(c1ccccc1NC(=O)c1cn(C)nc1C(F)(F)F)C1CCCC1. The molecular weight excluding hydrogens is 343 g/mol. The van der Waals surface area contributed by atoms with Crippen molar-refractivity contribution in [2.24, 2.45) is 13.0 Å². The number of hydrogen-bond donors (Lipinski definition) is 1. The van der Waals surface area contributed by atoms with E-state index in [-0.39, 0.29) is 0 Å². The van der Waals surface area contributed by atoms with Crippen LogP contribution in [0.15, 0.2) is 37.0 Å². The van der Waals surface area contributed by atoms with E-state index in [1.165, 1.54) is 7.05 Å². The molecule has 1 fully saturated rings. The summed E-state index contributed by atoms with van der Waals surface area (Å²) in [5.74, 6) is -0.491. The molecule has 3 rings (SSSR count). The summed E-state index contributed by atoms with van der Waals surface area (Å²) in [5, 5.41) is 5.98. The minimum Gasteiger partial charge on any atom is -0.321 e. The van der Waals surface area contributed by atoms with Crippen LogP contribution in [0.3, 0.4) is 0 Å². The van der Waals surface area contributed by atoms with E-state index in [0.29, 0.717) is 11.6 Å². The first-order chi connectivity index (χ1) is 12.3. The minimum absolute atomic E-state index is 0.345. The fourth-order valence-electron chi connectivity index (χ4n) is 3.42. The fourth-order valence-corrected chi connectivity index (χ4v) is 3.42. The number of amides is 1. The molecule has 1 heterocycles. The fraction of sp³-hybridized carbons (Fsp3) is 0.368. The van der Waals surface area contributed by atoms with Crippen LogP contribution < -0.4 is 5.32 Å². The highest BCUT2D eigenvalue weighted by atomic mass is 19.4. The van der Waals surface area contributed by atoms with E-state index in [2.05, 4.69) is 17.0 Å². The maximum atomic E-state index is 13.1. The average molecular weight is 363 g/mol. The predicted molar refractivity (Wildman–Crippen MR) is 93.6 cm³/mol. The first-order valence-electron chi connectivity index (χ1n) is 8.47. The number of carbonyl (C=O) groups excluding carboxylic acids is 1. The Labute approximate surface area is 149 Å². The molecule has 0 saturated heterocycles. The molecule has 1 saturated carbocycles.